The molecule has 25 heavy (non-hydrogen) atoms. The summed E-state index contributed by atoms with van der Waals surface area (Å²) in [5, 5.41) is 2.91. The molecule has 0 spiro atoms. The van der Waals surface area contributed by atoms with Crippen molar-refractivity contribution in [2.24, 2.45) is 0 Å². The van der Waals surface area contributed by atoms with Crippen molar-refractivity contribution < 1.29 is 8.78 Å². The van der Waals surface area contributed by atoms with Gasteiger partial charge in [0.2, 0.25) is 0 Å². The summed E-state index contributed by atoms with van der Waals surface area (Å²) in [4.78, 5) is 10.9. The van der Waals surface area contributed by atoms with Crippen molar-refractivity contribution in [3.63, 3.8) is 0 Å². The molecule has 0 atom stereocenters. The molecule has 0 bridgehead atoms. The molecule has 0 radical (unpaired) electrons. The van der Waals surface area contributed by atoms with Gasteiger partial charge in [0, 0.05) is 24.4 Å². The van der Waals surface area contributed by atoms with E-state index >= 15 is 0 Å². The Labute approximate surface area is 144 Å². The SMILES string of the molecule is Cc1nc(Nc2ccc(F)cc2F)cc(N2CCc3ccccc32)n1. The second-order valence-corrected chi connectivity index (χ2v) is 5.94. The van der Waals surface area contributed by atoms with Crippen LogP contribution in [0.1, 0.15) is 11.4 Å². The Morgan fingerprint density at radius 3 is 2.72 bits per heavy atom. The lowest BCUT2D eigenvalue weighted by atomic mass is 10.2. The summed E-state index contributed by atoms with van der Waals surface area (Å²) in [6, 6.07) is 13.4. The molecule has 3 aromatic rings. The van der Waals surface area contributed by atoms with E-state index in [-0.39, 0.29) is 5.69 Å². The molecule has 0 fully saturated rings. The van der Waals surface area contributed by atoms with Crippen LogP contribution >= 0.6 is 0 Å². The maximum Gasteiger partial charge on any atom is 0.149 e. The Balaban J connectivity index is 1.68. The number of rotatable bonds is 3. The maximum absolute atomic E-state index is 13.9. The Morgan fingerprint density at radius 1 is 1.04 bits per heavy atom. The minimum Gasteiger partial charge on any atom is -0.338 e. The van der Waals surface area contributed by atoms with Gasteiger partial charge in [-0.05, 0) is 37.1 Å². The highest BCUT2D eigenvalue weighted by atomic mass is 19.1. The number of fused-ring (bicyclic) bond motifs is 1. The van der Waals surface area contributed by atoms with Gasteiger partial charge in [0.25, 0.3) is 0 Å². The van der Waals surface area contributed by atoms with E-state index in [1.165, 1.54) is 17.7 Å². The third-order valence-electron chi connectivity index (χ3n) is 4.18. The number of hydrogen-bond acceptors (Lipinski definition) is 4. The van der Waals surface area contributed by atoms with Crippen LogP contribution in [0.15, 0.2) is 48.5 Å². The van der Waals surface area contributed by atoms with Crippen molar-refractivity contribution in [1.29, 1.82) is 0 Å². The molecular weight excluding hydrogens is 322 g/mol. The molecule has 1 aromatic heterocycles. The Kier molecular flexibility index (Phi) is 3.80. The van der Waals surface area contributed by atoms with Gasteiger partial charge in [-0.25, -0.2) is 18.7 Å². The first-order chi connectivity index (χ1) is 12.1. The molecule has 4 nitrogen and oxygen atoms in total. The van der Waals surface area contributed by atoms with Gasteiger partial charge in [-0.1, -0.05) is 18.2 Å². The molecule has 126 valence electrons. The third-order valence-corrected chi connectivity index (χ3v) is 4.18. The molecule has 0 unspecified atom stereocenters. The standard InChI is InChI=1S/C19H16F2N4/c1-12-22-18(24-16-7-6-14(20)10-15(16)21)11-19(23-12)25-9-8-13-4-2-3-5-17(13)25/h2-7,10-11H,8-9H2,1H3,(H,22,23,24). The maximum atomic E-state index is 13.9. The molecule has 6 heteroatoms. The Bertz CT molecular complexity index is 942. The molecule has 1 aliphatic heterocycles. The number of benzene rings is 2. The van der Waals surface area contributed by atoms with E-state index in [0.29, 0.717) is 11.6 Å². The zero-order valence-electron chi connectivity index (χ0n) is 13.6. The van der Waals surface area contributed by atoms with Gasteiger partial charge in [0.1, 0.15) is 29.1 Å². The number of nitrogens with zero attached hydrogens (tertiary/aromatic N) is 3. The van der Waals surface area contributed by atoms with Crippen LogP contribution in [-0.4, -0.2) is 16.5 Å². The molecule has 0 saturated carbocycles. The second-order valence-electron chi connectivity index (χ2n) is 5.94. The van der Waals surface area contributed by atoms with Crippen LogP contribution in [-0.2, 0) is 6.42 Å². The summed E-state index contributed by atoms with van der Waals surface area (Å²) in [6.45, 7) is 2.62. The zero-order chi connectivity index (χ0) is 17.4. The van der Waals surface area contributed by atoms with Crippen LogP contribution in [0.25, 0.3) is 0 Å². The average molecular weight is 338 g/mol. The van der Waals surface area contributed by atoms with Crippen molar-refractivity contribution in [3.8, 4) is 0 Å². The summed E-state index contributed by atoms with van der Waals surface area (Å²) in [5.41, 5.74) is 2.57. The van der Waals surface area contributed by atoms with Crippen molar-refractivity contribution in [2.45, 2.75) is 13.3 Å². The first kappa shape index (κ1) is 15.5. The fourth-order valence-corrected chi connectivity index (χ4v) is 3.06. The van der Waals surface area contributed by atoms with Gasteiger partial charge in [-0.2, -0.15) is 0 Å². The summed E-state index contributed by atoms with van der Waals surface area (Å²) < 4.78 is 26.9. The molecule has 2 heterocycles. The van der Waals surface area contributed by atoms with E-state index in [9.17, 15) is 8.78 Å². The number of hydrogen-bond donors (Lipinski definition) is 1. The fraction of sp³-hybridized carbons (Fsp3) is 0.158. The predicted molar refractivity (Wildman–Crippen MR) is 93.6 cm³/mol. The summed E-state index contributed by atoms with van der Waals surface area (Å²) in [7, 11) is 0. The van der Waals surface area contributed by atoms with Gasteiger partial charge in [-0.15, -0.1) is 0 Å². The minimum absolute atomic E-state index is 0.173. The van der Waals surface area contributed by atoms with E-state index in [2.05, 4.69) is 32.3 Å². The topological polar surface area (TPSA) is 41.1 Å². The summed E-state index contributed by atoms with van der Waals surface area (Å²) >= 11 is 0. The number of anilines is 4. The minimum atomic E-state index is -0.663. The summed E-state index contributed by atoms with van der Waals surface area (Å²) in [6.07, 6.45) is 0.953. The lowest BCUT2D eigenvalue weighted by molar-refractivity contribution is 0.586. The highest BCUT2D eigenvalue weighted by molar-refractivity contribution is 5.70. The van der Waals surface area contributed by atoms with Crippen LogP contribution in [0.2, 0.25) is 0 Å². The van der Waals surface area contributed by atoms with Gasteiger partial charge < -0.3 is 10.2 Å². The van der Waals surface area contributed by atoms with Gasteiger partial charge in [-0.3, -0.25) is 0 Å². The van der Waals surface area contributed by atoms with Crippen molar-refractivity contribution in [3.05, 3.63) is 71.6 Å². The quantitative estimate of drug-likeness (QED) is 0.763. The van der Waals surface area contributed by atoms with Crippen LogP contribution < -0.4 is 10.2 Å². The van der Waals surface area contributed by atoms with E-state index in [0.717, 1.165) is 30.5 Å². The highest BCUT2D eigenvalue weighted by Gasteiger charge is 2.21. The number of nitrogens with one attached hydrogen (secondary N) is 1. The van der Waals surface area contributed by atoms with Gasteiger partial charge >= 0.3 is 0 Å². The lowest BCUT2D eigenvalue weighted by Crippen LogP contribution is -2.16. The van der Waals surface area contributed by atoms with E-state index in [1.807, 2.05) is 12.1 Å². The zero-order valence-corrected chi connectivity index (χ0v) is 13.6. The highest BCUT2D eigenvalue weighted by Crippen LogP contribution is 2.34. The lowest BCUT2D eigenvalue weighted by Gasteiger charge is -2.19. The first-order valence-electron chi connectivity index (χ1n) is 8.03. The average Bonchev–Trinajstić information content (AvgIpc) is 3.01. The number of para-hydroxylation sites is 1. The normalized spacial score (nSPS) is 13.0. The Hall–Kier alpha value is -3.02. The monoisotopic (exact) mass is 338 g/mol. The van der Waals surface area contributed by atoms with Crippen molar-refractivity contribution >= 4 is 23.0 Å². The van der Waals surface area contributed by atoms with Crippen LogP contribution in [0.5, 0.6) is 0 Å². The first-order valence-corrected chi connectivity index (χ1v) is 8.03. The smallest absolute Gasteiger partial charge is 0.149 e. The molecule has 2 aromatic carbocycles. The predicted octanol–water partition coefficient (Wildman–Crippen LogP) is 4.50. The van der Waals surface area contributed by atoms with Gasteiger partial charge in [0.15, 0.2) is 0 Å². The molecule has 4 rings (SSSR count). The molecule has 0 aliphatic carbocycles. The fourth-order valence-electron chi connectivity index (χ4n) is 3.06. The van der Waals surface area contributed by atoms with Crippen molar-refractivity contribution in [1.82, 2.24) is 9.97 Å². The molecule has 0 saturated heterocycles. The molecular formula is C19H16F2N4. The van der Waals surface area contributed by atoms with Crippen LogP contribution in [0.4, 0.5) is 31.8 Å². The molecule has 1 N–H and O–H groups in total. The Morgan fingerprint density at radius 2 is 1.88 bits per heavy atom. The van der Waals surface area contributed by atoms with E-state index in [4.69, 9.17) is 0 Å². The third kappa shape index (κ3) is 3.03. The van der Waals surface area contributed by atoms with Crippen molar-refractivity contribution in [2.75, 3.05) is 16.8 Å². The largest absolute Gasteiger partial charge is 0.338 e. The van der Waals surface area contributed by atoms with E-state index < -0.39 is 11.6 Å². The number of halogens is 2. The van der Waals surface area contributed by atoms with Gasteiger partial charge in [0.05, 0.1) is 5.69 Å². The number of aromatic nitrogens is 2. The molecule has 1 aliphatic rings. The number of aryl methyl sites for hydroxylation is 1. The summed E-state index contributed by atoms with van der Waals surface area (Å²) in [5.74, 6) is 0.521. The molecule has 0 amide bonds. The van der Waals surface area contributed by atoms with Crippen LogP contribution in [0.3, 0.4) is 0 Å². The second kappa shape index (κ2) is 6.12. The van der Waals surface area contributed by atoms with E-state index in [1.54, 1.807) is 13.0 Å². The van der Waals surface area contributed by atoms with Crippen LogP contribution in [0, 0.1) is 18.6 Å².